The molecule has 0 fully saturated rings. The molecule has 0 N–H and O–H groups in total. The molecule has 0 aromatic heterocycles. The minimum absolute atomic E-state index is 0.320. The summed E-state index contributed by atoms with van der Waals surface area (Å²) in [5.74, 6) is 0.821. The summed E-state index contributed by atoms with van der Waals surface area (Å²) in [6, 6.07) is 30.8. The quantitative estimate of drug-likeness (QED) is 0.140. The average molecular weight is 552 g/mol. The van der Waals surface area contributed by atoms with Crippen LogP contribution in [0.3, 0.4) is 0 Å². The third-order valence-corrected chi connectivity index (χ3v) is 6.02. The zero-order chi connectivity index (χ0) is 28.7. The number of fused-ring (bicyclic) bond motifs is 1. The van der Waals surface area contributed by atoms with Gasteiger partial charge in [0.05, 0.1) is 40.6 Å². The zero-order valence-electron chi connectivity index (χ0n) is 22.0. The number of nitrogens with zero attached hydrogens (tertiary/aromatic N) is 5. The van der Waals surface area contributed by atoms with Gasteiger partial charge in [0.2, 0.25) is 0 Å². The Morgan fingerprint density at radius 2 is 1.12 bits per heavy atom. The summed E-state index contributed by atoms with van der Waals surface area (Å²) in [4.78, 5) is 4.70. The molecule has 0 saturated heterocycles. The predicted octanol–water partition coefficient (Wildman–Crippen LogP) is 10.8. The highest BCUT2D eigenvalue weighted by Gasteiger charge is 2.29. The topological polar surface area (TPSA) is 71.0 Å². The summed E-state index contributed by atoms with van der Waals surface area (Å²) in [6.07, 6.45) is -2.57. The predicted molar refractivity (Wildman–Crippen MR) is 155 cm³/mol. The lowest BCUT2D eigenvalue weighted by Gasteiger charge is -2.05. The minimum atomic E-state index is -4.39. The molecule has 0 amide bonds. The standard InChI is InChI=1S/C32H24F3N5O/c1-2-41-27-17-7-22(8-18-27)21-36-30-19-20-31(29-6-4-3-5-28(29)30)40-39-26-15-13-25(14-16-26)38-37-24-11-9-23(10-12-24)32(33,34)35/h3-21H,2H2,1H3. The molecular formula is C32H24F3N5O. The van der Waals surface area contributed by atoms with E-state index in [-0.39, 0.29) is 0 Å². The highest BCUT2D eigenvalue weighted by Crippen LogP contribution is 2.35. The molecule has 0 aliphatic rings. The molecule has 0 radical (unpaired) electrons. The van der Waals surface area contributed by atoms with E-state index in [0.29, 0.717) is 29.4 Å². The molecule has 0 bridgehead atoms. The fourth-order valence-electron chi connectivity index (χ4n) is 3.96. The van der Waals surface area contributed by atoms with Crippen LogP contribution >= 0.6 is 0 Å². The van der Waals surface area contributed by atoms with Crippen LogP contribution in [0.25, 0.3) is 10.8 Å². The molecule has 41 heavy (non-hydrogen) atoms. The molecule has 5 aromatic rings. The number of aliphatic imine (C=N–C) groups is 1. The van der Waals surface area contributed by atoms with Gasteiger partial charge in [-0.1, -0.05) is 24.3 Å². The van der Waals surface area contributed by atoms with Crippen LogP contribution < -0.4 is 4.74 Å². The van der Waals surface area contributed by atoms with Gasteiger partial charge in [-0.15, -0.1) is 5.11 Å². The number of hydrogen-bond acceptors (Lipinski definition) is 6. The fourth-order valence-corrected chi connectivity index (χ4v) is 3.96. The Hall–Kier alpha value is -5.18. The minimum Gasteiger partial charge on any atom is -0.494 e. The molecule has 0 spiro atoms. The number of alkyl halides is 3. The zero-order valence-corrected chi connectivity index (χ0v) is 22.0. The lowest BCUT2D eigenvalue weighted by atomic mass is 10.1. The first-order chi connectivity index (χ1) is 19.9. The van der Waals surface area contributed by atoms with E-state index in [1.165, 1.54) is 12.1 Å². The highest BCUT2D eigenvalue weighted by molar-refractivity contribution is 6.01. The van der Waals surface area contributed by atoms with E-state index >= 15 is 0 Å². The Labute approximate surface area is 234 Å². The van der Waals surface area contributed by atoms with Gasteiger partial charge in [0.15, 0.2) is 0 Å². The van der Waals surface area contributed by atoms with Crippen LogP contribution in [0.1, 0.15) is 18.1 Å². The van der Waals surface area contributed by atoms with Crippen LogP contribution in [0.4, 0.5) is 41.6 Å². The number of ether oxygens (including phenoxy) is 1. The van der Waals surface area contributed by atoms with E-state index in [2.05, 4.69) is 20.5 Å². The van der Waals surface area contributed by atoms with Gasteiger partial charge in [0, 0.05) is 17.0 Å². The number of halogens is 3. The van der Waals surface area contributed by atoms with Gasteiger partial charge in [-0.25, -0.2) is 0 Å². The smallest absolute Gasteiger partial charge is 0.416 e. The maximum Gasteiger partial charge on any atom is 0.416 e. The second kappa shape index (κ2) is 12.3. The van der Waals surface area contributed by atoms with Crippen LogP contribution in [-0.4, -0.2) is 12.8 Å². The van der Waals surface area contributed by atoms with Crippen molar-refractivity contribution in [3.8, 4) is 5.75 Å². The molecule has 0 heterocycles. The number of azo groups is 2. The normalized spacial score (nSPS) is 12.2. The molecule has 0 atom stereocenters. The lowest BCUT2D eigenvalue weighted by Crippen LogP contribution is -2.03. The summed E-state index contributed by atoms with van der Waals surface area (Å²) < 4.78 is 43.6. The number of hydrogen-bond donors (Lipinski definition) is 0. The molecule has 204 valence electrons. The summed E-state index contributed by atoms with van der Waals surface area (Å²) in [6.45, 7) is 2.57. The molecular weight excluding hydrogens is 527 g/mol. The average Bonchev–Trinajstić information content (AvgIpc) is 2.99. The summed E-state index contributed by atoms with van der Waals surface area (Å²) in [7, 11) is 0. The number of benzene rings is 5. The van der Waals surface area contributed by atoms with Gasteiger partial charge in [-0.05, 0) is 97.4 Å². The van der Waals surface area contributed by atoms with E-state index in [0.717, 1.165) is 39.9 Å². The molecule has 5 rings (SSSR count). The van der Waals surface area contributed by atoms with Gasteiger partial charge in [0.25, 0.3) is 0 Å². The molecule has 0 aliphatic heterocycles. The Bertz CT molecular complexity index is 1710. The van der Waals surface area contributed by atoms with E-state index in [4.69, 9.17) is 9.73 Å². The largest absolute Gasteiger partial charge is 0.494 e. The van der Waals surface area contributed by atoms with Crippen molar-refractivity contribution in [2.45, 2.75) is 13.1 Å². The first kappa shape index (κ1) is 27.4. The third kappa shape index (κ3) is 7.07. The first-order valence-electron chi connectivity index (χ1n) is 12.8. The van der Waals surface area contributed by atoms with Crippen molar-refractivity contribution in [1.82, 2.24) is 0 Å². The summed E-state index contributed by atoms with van der Waals surface area (Å²) in [5.41, 5.74) is 3.21. The van der Waals surface area contributed by atoms with E-state index < -0.39 is 11.7 Å². The fraction of sp³-hybridized carbons (Fsp3) is 0.0938. The Balaban J connectivity index is 1.29. The van der Waals surface area contributed by atoms with Crippen molar-refractivity contribution in [2.75, 3.05) is 6.61 Å². The highest BCUT2D eigenvalue weighted by atomic mass is 19.4. The van der Waals surface area contributed by atoms with Gasteiger partial charge in [-0.3, -0.25) is 4.99 Å². The summed E-state index contributed by atoms with van der Waals surface area (Å²) >= 11 is 0. The Kier molecular flexibility index (Phi) is 8.24. The lowest BCUT2D eigenvalue weighted by molar-refractivity contribution is -0.137. The van der Waals surface area contributed by atoms with Gasteiger partial charge in [-0.2, -0.15) is 28.5 Å². The summed E-state index contributed by atoms with van der Waals surface area (Å²) in [5, 5.41) is 18.8. The van der Waals surface area contributed by atoms with Crippen LogP contribution in [0.5, 0.6) is 5.75 Å². The first-order valence-corrected chi connectivity index (χ1v) is 12.8. The monoisotopic (exact) mass is 551 g/mol. The van der Waals surface area contributed by atoms with E-state index in [9.17, 15) is 13.2 Å². The van der Waals surface area contributed by atoms with Crippen molar-refractivity contribution >= 4 is 45.4 Å². The Morgan fingerprint density at radius 3 is 1.68 bits per heavy atom. The van der Waals surface area contributed by atoms with Gasteiger partial charge < -0.3 is 4.74 Å². The Morgan fingerprint density at radius 1 is 0.610 bits per heavy atom. The van der Waals surface area contributed by atoms with Crippen LogP contribution in [0.15, 0.2) is 135 Å². The second-order valence-electron chi connectivity index (χ2n) is 8.87. The van der Waals surface area contributed by atoms with Gasteiger partial charge >= 0.3 is 6.18 Å². The molecule has 0 unspecified atom stereocenters. The third-order valence-electron chi connectivity index (χ3n) is 6.02. The maximum atomic E-state index is 12.7. The van der Waals surface area contributed by atoms with Crippen LogP contribution in [0.2, 0.25) is 0 Å². The van der Waals surface area contributed by atoms with E-state index in [1.807, 2.05) is 73.8 Å². The molecule has 9 heteroatoms. The second-order valence-corrected chi connectivity index (χ2v) is 8.87. The van der Waals surface area contributed by atoms with Gasteiger partial charge in [0.1, 0.15) is 5.75 Å². The SMILES string of the molecule is CCOc1ccc(C=Nc2ccc(N=Nc3ccc(N=Nc4ccc(C(F)(F)F)cc4)cc3)c3ccccc23)cc1. The molecule has 0 aliphatic carbocycles. The molecule has 6 nitrogen and oxygen atoms in total. The van der Waals surface area contributed by atoms with Crippen molar-refractivity contribution in [3.63, 3.8) is 0 Å². The van der Waals surface area contributed by atoms with Crippen molar-refractivity contribution in [1.29, 1.82) is 0 Å². The molecule has 0 saturated carbocycles. The maximum absolute atomic E-state index is 12.7. The number of rotatable bonds is 8. The van der Waals surface area contributed by atoms with Crippen LogP contribution in [-0.2, 0) is 6.18 Å². The van der Waals surface area contributed by atoms with E-state index in [1.54, 1.807) is 24.3 Å². The van der Waals surface area contributed by atoms with Crippen molar-refractivity contribution < 1.29 is 17.9 Å². The van der Waals surface area contributed by atoms with Crippen molar-refractivity contribution in [3.05, 3.63) is 120 Å². The molecule has 5 aromatic carbocycles. The van der Waals surface area contributed by atoms with Crippen molar-refractivity contribution in [2.24, 2.45) is 25.4 Å². The van der Waals surface area contributed by atoms with Crippen LogP contribution in [0, 0.1) is 0 Å².